The van der Waals surface area contributed by atoms with Crippen LogP contribution in [0.2, 0.25) is 5.02 Å². The fourth-order valence-corrected chi connectivity index (χ4v) is 11.8. The van der Waals surface area contributed by atoms with Gasteiger partial charge < -0.3 is 14.6 Å². The first-order chi connectivity index (χ1) is 26.4. The van der Waals surface area contributed by atoms with Gasteiger partial charge in [0.05, 0.1) is 48.8 Å². The van der Waals surface area contributed by atoms with Crippen LogP contribution < -0.4 is 14.4 Å². The molecule has 2 aromatic carbocycles. The average Bonchev–Trinajstić information content (AvgIpc) is 3.97. The molecule has 6 atom stereocenters. The van der Waals surface area contributed by atoms with E-state index in [-0.39, 0.29) is 42.0 Å². The summed E-state index contributed by atoms with van der Waals surface area (Å²) in [4.78, 5) is 63.0. The molecule has 3 aromatic heterocycles. The van der Waals surface area contributed by atoms with E-state index >= 15 is 4.79 Å². The number of hydrogen-bond acceptors (Lipinski definition) is 10. The number of nitrogens with zero attached hydrogens (tertiary/aromatic N) is 4. The van der Waals surface area contributed by atoms with Crippen LogP contribution in [0.3, 0.4) is 0 Å². The highest BCUT2D eigenvalue weighted by Gasteiger charge is 2.68. The van der Waals surface area contributed by atoms with Crippen LogP contribution in [0.5, 0.6) is 17.2 Å². The van der Waals surface area contributed by atoms with Crippen molar-refractivity contribution >= 4 is 73.8 Å². The van der Waals surface area contributed by atoms with E-state index in [1.165, 1.54) is 47.5 Å². The lowest BCUT2D eigenvalue weighted by atomic mass is 9.51. The van der Waals surface area contributed by atoms with Crippen LogP contribution in [0.25, 0.3) is 20.7 Å². The lowest BCUT2D eigenvalue weighted by Crippen LogP contribution is -2.49. The SMILES string of the molecule is COc1cc(O)cc(OC)c1C1C2=CCC3C(=O)N(Cc4cccs4)C(=O)C3C2CC2C(=O)N(c3cc(-c4sc5ccc(Cl)cc5c4C)nn3C)C(=O)C21C. The van der Waals surface area contributed by atoms with Crippen molar-refractivity contribution in [2.75, 3.05) is 19.1 Å². The molecule has 0 bridgehead atoms. The lowest BCUT2D eigenvalue weighted by molar-refractivity contribution is -0.141. The summed E-state index contributed by atoms with van der Waals surface area (Å²) in [5.41, 5.74) is 1.51. The van der Waals surface area contributed by atoms with Crippen molar-refractivity contribution in [1.29, 1.82) is 0 Å². The summed E-state index contributed by atoms with van der Waals surface area (Å²) in [7, 11) is 4.66. The van der Waals surface area contributed by atoms with Gasteiger partial charge in [-0.2, -0.15) is 5.10 Å². The van der Waals surface area contributed by atoms with Gasteiger partial charge in [0.15, 0.2) is 0 Å². The molecule has 0 spiro atoms. The highest BCUT2D eigenvalue weighted by atomic mass is 35.5. The second-order valence-corrected chi connectivity index (χ2v) is 17.5. The number of rotatable bonds is 7. The Kier molecular flexibility index (Phi) is 8.30. The summed E-state index contributed by atoms with van der Waals surface area (Å²) in [6.45, 7) is 4.00. The molecule has 5 heterocycles. The minimum absolute atomic E-state index is 0.0957. The number of benzene rings is 2. The van der Waals surface area contributed by atoms with Crippen LogP contribution in [0, 0.1) is 36.0 Å². The fourth-order valence-electron chi connectivity index (χ4n) is 9.75. The van der Waals surface area contributed by atoms with Crippen molar-refractivity contribution in [1.82, 2.24) is 14.7 Å². The van der Waals surface area contributed by atoms with E-state index in [0.717, 1.165) is 31.0 Å². The third kappa shape index (κ3) is 5.08. The van der Waals surface area contributed by atoms with Crippen LogP contribution in [0.1, 0.15) is 41.7 Å². The number of amides is 4. The third-order valence-electron chi connectivity index (χ3n) is 12.3. The number of methoxy groups -OCH3 is 2. The number of allylic oxidation sites excluding steroid dienone is 2. The number of aryl methyl sites for hydroxylation is 2. The van der Waals surface area contributed by atoms with E-state index in [9.17, 15) is 19.5 Å². The molecule has 0 radical (unpaired) electrons. The molecule has 4 aliphatic rings. The number of carbonyl (C=O) groups is 4. The van der Waals surface area contributed by atoms with Gasteiger partial charge in [0.2, 0.25) is 23.6 Å². The van der Waals surface area contributed by atoms with Crippen molar-refractivity contribution in [2.24, 2.45) is 36.1 Å². The molecule has 4 amide bonds. The van der Waals surface area contributed by atoms with Crippen molar-refractivity contribution < 1.29 is 33.8 Å². The van der Waals surface area contributed by atoms with Crippen molar-refractivity contribution in [3.63, 3.8) is 0 Å². The predicted molar refractivity (Wildman–Crippen MR) is 209 cm³/mol. The molecular weight excluding hydrogens is 760 g/mol. The van der Waals surface area contributed by atoms with Crippen LogP contribution in [-0.4, -0.2) is 57.6 Å². The van der Waals surface area contributed by atoms with E-state index in [2.05, 4.69) is 0 Å². The highest BCUT2D eigenvalue weighted by Crippen LogP contribution is 2.66. The normalized spacial score (nSPS) is 26.1. The first-order valence-corrected chi connectivity index (χ1v) is 20.1. The largest absolute Gasteiger partial charge is 0.508 e. The van der Waals surface area contributed by atoms with E-state index in [4.69, 9.17) is 26.2 Å². The molecule has 6 unspecified atom stereocenters. The first-order valence-electron chi connectivity index (χ1n) is 18.0. The maximum atomic E-state index is 15.3. The van der Waals surface area contributed by atoms with E-state index in [1.54, 1.807) is 36.1 Å². The number of aromatic hydroxyl groups is 1. The molecule has 9 rings (SSSR count). The summed E-state index contributed by atoms with van der Waals surface area (Å²) in [5, 5.41) is 19.0. The molecule has 3 fully saturated rings. The number of fused-ring (bicyclic) bond motifs is 5. The van der Waals surface area contributed by atoms with Gasteiger partial charge in [0.25, 0.3) is 0 Å². The average molecular weight is 797 g/mol. The topological polar surface area (TPSA) is 131 Å². The Morgan fingerprint density at radius 2 is 1.75 bits per heavy atom. The van der Waals surface area contributed by atoms with Gasteiger partial charge in [-0.3, -0.25) is 28.8 Å². The molecule has 2 aliphatic heterocycles. The molecule has 14 heteroatoms. The number of carbonyl (C=O) groups excluding carboxylic acids is 4. The van der Waals surface area contributed by atoms with Crippen molar-refractivity contribution in [3.8, 4) is 27.8 Å². The zero-order valence-corrected chi connectivity index (χ0v) is 33.1. The maximum Gasteiger partial charge on any atom is 0.242 e. The summed E-state index contributed by atoms with van der Waals surface area (Å²) in [5.74, 6) is -4.04. The molecule has 282 valence electrons. The highest BCUT2D eigenvalue weighted by molar-refractivity contribution is 7.22. The van der Waals surface area contributed by atoms with Crippen LogP contribution in [0.4, 0.5) is 5.82 Å². The number of thiophene rings is 2. The summed E-state index contributed by atoms with van der Waals surface area (Å²) in [6.07, 6.45) is 2.48. The van der Waals surface area contributed by atoms with Crippen molar-refractivity contribution in [2.45, 2.75) is 39.2 Å². The standard InChI is InChI=1S/C41H37ClN4O7S2/c1-19-25-13-20(42)8-11-31(25)55-36(19)28-17-32(44(3)43-28)46-38(49)27-16-26-23(9-10-24-33(26)39(50)45(37(24)48)18-22-7-6-12-54-22)35(41(27,2)40(46)51)34-29(52-4)14-21(47)15-30(34)53-5/h6-9,11-15,17,24,26-27,33,35,47H,10,16,18H2,1-5H3. The third-order valence-corrected chi connectivity index (χ3v) is 14.7. The quantitative estimate of drug-likeness (QED) is 0.133. The summed E-state index contributed by atoms with van der Waals surface area (Å²) in [6, 6.07) is 14.2. The number of likely N-dealkylation sites (tertiary alicyclic amines) is 1. The van der Waals surface area contributed by atoms with Gasteiger partial charge in [-0.15, -0.1) is 22.7 Å². The number of phenols is 1. The van der Waals surface area contributed by atoms with E-state index in [0.29, 0.717) is 28.5 Å². The van der Waals surface area contributed by atoms with Crippen molar-refractivity contribution in [3.05, 3.63) is 86.6 Å². The van der Waals surface area contributed by atoms with Crippen LogP contribution in [0.15, 0.2) is 65.6 Å². The Hall–Kier alpha value is -4.98. The zero-order valence-electron chi connectivity index (χ0n) is 30.7. The number of hydrogen-bond donors (Lipinski definition) is 1. The monoisotopic (exact) mass is 796 g/mol. The minimum Gasteiger partial charge on any atom is -0.508 e. The number of imide groups is 2. The Bertz CT molecular complexity index is 2480. The Balaban J connectivity index is 1.18. The number of anilines is 1. The fraction of sp³-hybridized carbons (Fsp3) is 0.341. The molecule has 5 aromatic rings. The summed E-state index contributed by atoms with van der Waals surface area (Å²) < 4.78 is 14.3. The lowest BCUT2D eigenvalue weighted by Gasteiger charge is -2.49. The number of halogens is 1. The summed E-state index contributed by atoms with van der Waals surface area (Å²) >= 11 is 9.37. The number of ether oxygens (including phenoxy) is 2. The van der Waals surface area contributed by atoms with Crippen LogP contribution in [-0.2, 0) is 32.8 Å². The van der Waals surface area contributed by atoms with Gasteiger partial charge >= 0.3 is 0 Å². The van der Waals surface area contributed by atoms with Gasteiger partial charge in [0, 0.05) is 51.3 Å². The van der Waals surface area contributed by atoms with Gasteiger partial charge in [-0.25, -0.2) is 4.90 Å². The number of aromatic nitrogens is 2. The molecule has 55 heavy (non-hydrogen) atoms. The molecule has 1 saturated carbocycles. The minimum atomic E-state index is -1.37. The van der Waals surface area contributed by atoms with Gasteiger partial charge in [-0.05, 0) is 73.2 Å². The van der Waals surface area contributed by atoms with Gasteiger partial charge in [-0.1, -0.05) is 29.3 Å². The smallest absolute Gasteiger partial charge is 0.242 e. The molecule has 11 nitrogen and oxygen atoms in total. The Labute approximate surface area is 329 Å². The number of phenolic OH excluding ortho intramolecular Hbond substituents is 1. The van der Waals surface area contributed by atoms with E-state index in [1.807, 2.05) is 48.7 Å². The second kappa shape index (κ2) is 12.8. The molecule has 2 saturated heterocycles. The van der Waals surface area contributed by atoms with E-state index < -0.39 is 46.8 Å². The molecule has 2 aliphatic carbocycles. The van der Waals surface area contributed by atoms with Crippen LogP contribution >= 0.6 is 34.3 Å². The maximum absolute atomic E-state index is 15.3. The second-order valence-electron chi connectivity index (χ2n) is 15.0. The Morgan fingerprint density at radius 1 is 1.00 bits per heavy atom. The molecular formula is C41H37ClN4O7S2. The first kappa shape index (κ1) is 35.7. The Morgan fingerprint density at radius 3 is 2.44 bits per heavy atom. The zero-order chi connectivity index (χ0) is 38.7. The molecule has 1 N–H and O–H groups in total. The predicted octanol–water partition coefficient (Wildman–Crippen LogP) is 7.48. The van der Waals surface area contributed by atoms with Gasteiger partial charge in [0.1, 0.15) is 28.8 Å².